The summed E-state index contributed by atoms with van der Waals surface area (Å²) in [6, 6.07) is 0. The molecule has 0 saturated heterocycles. The highest BCUT2D eigenvalue weighted by Crippen LogP contribution is 2.42. The first-order chi connectivity index (χ1) is 11.5. The third kappa shape index (κ3) is 7.33. The summed E-state index contributed by atoms with van der Waals surface area (Å²) in [5, 5.41) is 0. The maximum Gasteiger partial charge on any atom is 0.389 e. The lowest BCUT2D eigenvalue weighted by Crippen LogP contribution is -2.29. The lowest BCUT2D eigenvalue weighted by molar-refractivity contribution is -0.138. The van der Waals surface area contributed by atoms with E-state index in [0.29, 0.717) is 18.4 Å². The van der Waals surface area contributed by atoms with Crippen molar-refractivity contribution in [2.75, 3.05) is 6.61 Å². The molecule has 4 heteroatoms. The van der Waals surface area contributed by atoms with Crippen molar-refractivity contribution in [3.63, 3.8) is 0 Å². The standard InChI is InChI=1S/C20H35F3O/c1-2-3-4-15-24-19-11-9-18(10-12-19)17-7-5-16(6-8-17)13-14-20(21,22)23/h16-19H,2-15H2,1H3/t16-,17-,18-,19-. The molecule has 0 heterocycles. The van der Waals surface area contributed by atoms with Crippen molar-refractivity contribution in [2.45, 2.75) is 103 Å². The summed E-state index contributed by atoms with van der Waals surface area (Å²) >= 11 is 0. The third-order valence-electron chi connectivity index (χ3n) is 6.21. The van der Waals surface area contributed by atoms with E-state index in [0.717, 1.165) is 44.1 Å². The average Bonchev–Trinajstić information content (AvgIpc) is 2.57. The molecule has 24 heavy (non-hydrogen) atoms. The van der Waals surface area contributed by atoms with Crippen molar-refractivity contribution >= 4 is 0 Å². The van der Waals surface area contributed by atoms with Gasteiger partial charge in [0.05, 0.1) is 6.10 Å². The second-order valence-electron chi connectivity index (χ2n) is 8.05. The van der Waals surface area contributed by atoms with Crippen LogP contribution >= 0.6 is 0 Å². The van der Waals surface area contributed by atoms with E-state index in [1.54, 1.807) is 0 Å². The molecule has 0 N–H and O–H groups in total. The number of rotatable bonds is 8. The van der Waals surface area contributed by atoms with Crippen LogP contribution in [0.15, 0.2) is 0 Å². The summed E-state index contributed by atoms with van der Waals surface area (Å²) in [6.07, 6.45) is 9.10. The van der Waals surface area contributed by atoms with Crippen LogP contribution in [0.25, 0.3) is 0 Å². The topological polar surface area (TPSA) is 9.23 Å². The summed E-state index contributed by atoms with van der Waals surface area (Å²) in [7, 11) is 0. The second-order valence-corrected chi connectivity index (χ2v) is 8.05. The molecule has 2 fully saturated rings. The van der Waals surface area contributed by atoms with Gasteiger partial charge in [0, 0.05) is 13.0 Å². The van der Waals surface area contributed by atoms with Crippen molar-refractivity contribution < 1.29 is 17.9 Å². The average molecular weight is 348 g/mol. The van der Waals surface area contributed by atoms with Crippen LogP contribution in [-0.4, -0.2) is 18.9 Å². The molecule has 0 bridgehead atoms. The zero-order valence-corrected chi connectivity index (χ0v) is 15.3. The summed E-state index contributed by atoms with van der Waals surface area (Å²) in [5.74, 6) is 1.86. The van der Waals surface area contributed by atoms with Crippen LogP contribution in [0.2, 0.25) is 0 Å². The number of hydrogen-bond donors (Lipinski definition) is 0. The minimum absolute atomic E-state index is 0.307. The van der Waals surface area contributed by atoms with Gasteiger partial charge in [-0.2, -0.15) is 13.2 Å². The molecule has 0 aromatic carbocycles. The normalized spacial score (nSPS) is 32.0. The Hall–Kier alpha value is -0.250. The third-order valence-corrected chi connectivity index (χ3v) is 6.21. The number of unbranched alkanes of at least 4 members (excludes halogenated alkanes) is 2. The van der Waals surface area contributed by atoms with E-state index in [1.807, 2.05) is 0 Å². The first-order valence-corrected chi connectivity index (χ1v) is 10.2. The molecule has 0 atom stereocenters. The summed E-state index contributed by atoms with van der Waals surface area (Å²) in [6.45, 7) is 3.12. The van der Waals surface area contributed by atoms with Crippen LogP contribution in [0.5, 0.6) is 0 Å². The Labute approximate surface area is 145 Å². The fourth-order valence-electron chi connectivity index (χ4n) is 4.64. The molecular formula is C20H35F3O. The molecule has 0 amide bonds. The van der Waals surface area contributed by atoms with Gasteiger partial charge in [-0.3, -0.25) is 0 Å². The number of hydrogen-bond acceptors (Lipinski definition) is 1. The van der Waals surface area contributed by atoms with Gasteiger partial charge in [-0.05, 0) is 69.1 Å². The van der Waals surface area contributed by atoms with Crippen LogP contribution in [0.4, 0.5) is 13.2 Å². The quantitative estimate of drug-likeness (QED) is 0.433. The van der Waals surface area contributed by atoms with Gasteiger partial charge >= 0.3 is 6.18 Å². The fourth-order valence-corrected chi connectivity index (χ4v) is 4.64. The molecule has 2 rings (SSSR count). The van der Waals surface area contributed by atoms with Crippen LogP contribution < -0.4 is 0 Å². The van der Waals surface area contributed by atoms with E-state index in [-0.39, 0.29) is 0 Å². The van der Waals surface area contributed by atoms with E-state index < -0.39 is 12.6 Å². The van der Waals surface area contributed by atoms with E-state index in [2.05, 4.69) is 6.92 Å². The van der Waals surface area contributed by atoms with Crippen LogP contribution in [-0.2, 0) is 4.74 Å². The van der Waals surface area contributed by atoms with Gasteiger partial charge < -0.3 is 4.74 Å². The Morgan fingerprint density at radius 3 is 1.96 bits per heavy atom. The SMILES string of the molecule is CCCCCO[C@H]1CC[C@H]([C@H]2CC[C@H](CCC(F)(F)F)CC2)CC1. The highest BCUT2D eigenvalue weighted by molar-refractivity contribution is 4.82. The van der Waals surface area contributed by atoms with Gasteiger partial charge in [0.15, 0.2) is 0 Å². The van der Waals surface area contributed by atoms with Crippen molar-refractivity contribution in [3.8, 4) is 0 Å². The molecular weight excluding hydrogens is 313 g/mol. The molecule has 1 nitrogen and oxygen atoms in total. The number of halogens is 3. The molecule has 0 spiro atoms. The fraction of sp³-hybridized carbons (Fsp3) is 1.00. The van der Waals surface area contributed by atoms with Crippen LogP contribution in [0.1, 0.15) is 90.4 Å². The van der Waals surface area contributed by atoms with Gasteiger partial charge in [-0.1, -0.05) is 32.6 Å². The number of ether oxygens (including phenoxy) is 1. The summed E-state index contributed by atoms with van der Waals surface area (Å²) in [5.41, 5.74) is 0. The Bertz CT molecular complexity index is 326. The Morgan fingerprint density at radius 2 is 1.42 bits per heavy atom. The highest BCUT2D eigenvalue weighted by atomic mass is 19.4. The molecule has 0 unspecified atom stereocenters. The van der Waals surface area contributed by atoms with Gasteiger partial charge in [0.1, 0.15) is 0 Å². The van der Waals surface area contributed by atoms with E-state index in [9.17, 15) is 13.2 Å². The zero-order chi connectivity index (χ0) is 17.4. The maximum atomic E-state index is 12.3. The molecule has 0 aromatic heterocycles. The first kappa shape index (κ1) is 20.1. The van der Waals surface area contributed by atoms with Crippen molar-refractivity contribution in [1.82, 2.24) is 0 Å². The molecule has 2 saturated carbocycles. The predicted molar refractivity (Wildman–Crippen MR) is 92.0 cm³/mol. The molecule has 2 aliphatic carbocycles. The van der Waals surface area contributed by atoms with Crippen molar-refractivity contribution in [2.24, 2.45) is 17.8 Å². The first-order valence-electron chi connectivity index (χ1n) is 10.2. The largest absolute Gasteiger partial charge is 0.389 e. The van der Waals surface area contributed by atoms with Gasteiger partial charge in [0.2, 0.25) is 0 Å². The second kappa shape index (κ2) is 10.0. The Kier molecular flexibility index (Phi) is 8.39. The van der Waals surface area contributed by atoms with E-state index in [1.165, 1.54) is 44.9 Å². The highest BCUT2D eigenvalue weighted by Gasteiger charge is 2.33. The van der Waals surface area contributed by atoms with E-state index >= 15 is 0 Å². The lowest BCUT2D eigenvalue weighted by atomic mass is 9.70. The molecule has 0 aliphatic heterocycles. The molecule has 142 valence electrons. The van der Waals surface area contributed by atoms with Crippen LogP contribution in [0, 0.1) is 17.8 Å². The van der Waals surface area contributed by atoms with E-state index in [4.69, 9.17) is 4.74 Å². The summed E-state index contributed by atoms with van der Waals surface area (Å²) in [4.78, 5) is 0. The minimum Gasteiger partial charge on any atom is -0.378 e. The predicted octanol–water partition coefficient (Wildman–Crippen LogP) is 6.90. The zero-order valence-electron chi connectivity index (χ0n) is 15.3. The van der Waals surface area contributed by atoms with Gasteiger partial charge in [0.25, 0.3) is 0 Å². The Morgan fingerprint density at radius 1 is 0.833 bits per heavy atom. The maximum absolute atomic E-state index is 12.3. The Balaban J connectivity index is 1.58. The van der Waals surface area contributed by atoms with Gasteiger partial charge in [-0.25, -0.2) is 0 Å². The number of alkyl halides is 3. The lowest BCUT2D eigenvalue weighted by Gasteiger charge is -2.38. The smallest absolute Gasteiger partial charge is 0.378 e. The van der Waals surface area contributed by atoms with Gasteiger partial charge in [-0.15, -0.1) is 0 Å². The molecule has 0 aromatic rings. The van der Waals surface area contributed by atoms with Crippen LogP contribution in [0.3, 0.4) is 0 Å². The monoisotopic (exact) mass is 348 g/mol. The molecule has 2 aliphatic rings. The van der Waals surface area contributed by atoms with Crippen molar-refractivity contribution in [3.05, 3.63) is 0 Å². The van der Waals surface area contributed by atoms with Crippen molar-refractivity contribution in [1.29, 1.82) is 0 Å². The minimum atomic E-state index is -3.98. The summed E-state index contributed by atoms with van der Waals surface area (Å²) < 4.78 is 43.0. The molecule has 0 radical (unpaired) electrons.